The number of rotatable bonds is 8. The number of fused-ring (bicyclic) bond motifs is 1. The molecule has 37 heavy (non-hydrogen) atoms. The highest BCUT2D eigenvalue weighted by atomic mass is 35.5. The number of carboxylic acid groups (broad SMARTS) is 1. The van der Waals surface area contributed by atoms with Gasteiger partial charge in [-0.3, -0.25) is 14.5 Å². The number of aliphatic carboxylic acids is 1. The van der Waals surface area contributed by atoms with E-state index in [1.54, 1.807) is 12.1 Å². The number of aryl methyl sites for hydroxylation is 1. The van der Waals surface area contributed by atoms with Crippen molar-refractivity contribution in [2.75, 3.05) is 36.9 Å². The zero-order chi connectivity index (χ0) is 25.8. The normalized spacial score (nSPS) is 16.7. The summed E-state index contributed by atoms with van der Waals surface area (Å²) in [4.78, 5) is 26.7. The van der Waals surface area contributed by atoms with E-state index in [0.29, 0.717) is 28.4 Å². The van der Waals surface area contributed by atoms with Crippen molar-refractivity contribution in [1.29, 1.82) is 0 Å². The average Bonchev–Trinajstić information content (AvgIpc) is 3.22. The summed E-state index contributed by atoms with van der Waals surface area (Å²) >= 11 is 6.17. The van der Waals surface area contributed by atoms with Crippen LogP contribution in [-0.2, 0) is 27.3 Å². The molecule has 0 bridgehead atoms. The molecule has 0 spiro atoms. The summed E-state index contributed by atoms with van der Waals surface area (Å²) < 4.78 is 5.44. The second-order valence-electron chi connectivity index (χ2n) is 9.20. The number of halogens is 1. The van der Waals surface area contributed by atoms with Crippen LogP contribution in [0.1, 0.15) is 28.7 Å². The molecular weight excluding hydrogens is 490 g/mol. The van der Waals surface area contributed by atoms with Gasteiger partial charge in [0.25, 0.3) is 5.91 Å². The maximum absolute atomic E-state index is 13.2. The van der Waals surface area contributed by atoms with Gasteiger partial charge in [-0.25, -0.2) is 0 Å². The minimum Gasteiger partial charge on any atom is -0.481 e. The number of nitrogens with zero attached hydrogens (tertiary/aromatic N) is 1. The molecule has 2 aliphatic heterocycles. The zero-order valence-corrected chi connectivity index (χ0v) is 21.1. The van der Waals surface area contributed by atoms with E-state index >= 15 is 0 Å². The first-order valence-corrected chi connectivity index (χ1v) is 12.7. The van der Waals surface area contributed by atoms with Crippen LogP contribution in [0.4, 0.5) is 11.4 Å². The fourth-order valence-electron chi connectivity index (χ4n) is 4.66. The van der Waals surface area contributed by atoms with Crippen LogP contribution in [0.2, 0.25) is 5.02 Å². The Morgan fingerprint density at radius 2 is 1.81 bits per heavy atom. The predicted molar refractivity (Wildman–Crippen MR) is 145 cm³/mol. The van der Waals surface area contributed by atoms with Gasteiger partial charge in [0.05, 0.1) is 30.2 Å². The number of morpholine rings is 1. The highest BCUT2D eigenvalue weighted by Crippen LogP contribution is 2.39. The second kappa shape index (κ2) is 11.2. The maximum Gasteiger partial charge on any atom is 0.303 e. The average molecular weight is 518 g/mol. The van der Waals surface area contributed by atoms with E-state index in [2.05, 4.69) is 27.7 Å². The molecule has 5 rings (SSSR count). The van der Waals surface area contributed by atoms with E-state index in [-0.39, 0.29) is 12.3 Å². The Kier molecular flexibility index (Phi) is 7.55. The van der Waals surface area contributed by atoms with Gasteiger partial charge in [-0.1, -0.05) is 48.0 Å². The molecule has 1 amide bonds. The van der Waals surface area contributed by atoms with Gasteiger partial charge < -0.3 is 20.5 Å². The number of nitrogens with one attached hydrogen (secondary N) is 2. The number of anilines is 2. The number of carbonyl (C=O) groups excluding carboxylic acids is 1. The lowest BCUT2D eigenvalue weighted by molar-refractivity contribution is -0.137. The van der Waals surface area contributed by atoms with Crippen LogP contribution < -0.4 is 10.6 Å². The van der Waals surface area contributed by atoms with Crippen LogP contribution in [-0.4, -0.2) is 48.2 Å². The summed E-state index contributed by atoms with van der Waals surface area (Å²) in [5.74, 6) is -1.07. The Morgan fingerprint density at radius 1 is 1.03 bits per heavy atom. The number of carboxylic acids is 1. The van der Waals surface area contributed by atoms with E-state index in [1.165, 1.54) is 5.56 Å². The van der Waals surface area contributed by atoms with Crippen molar-refractivity contribution in [2.24, 2.45) is 0 Å². The molecular formula is C29H28ClN3O4. The number of hydrogen-bond donors (Lipinski definition) is 3. The van der Waals surface area contributed by atoms with Crippen molar-refractivity contribution in [3.05, 3.63) is 94.0 Å². The molecule has 1 fully saturated rings. The Bertz CT molecular complexity index is 1350. The Labute approximate surface area is 220 Å². The van der Waals surface area contributed by atoms with Gasteiger partial charge in [0, 0.05) is 42.3 Å². The van der Waals surface area contributed by atoms with Crippen molar-refractivity contribution in [3.8, 4) is 0 Å². The molecule has 3 aromatic carbocycles. The monoisotopic (exact) mass is 517 g/mol. The van der Waals surface area contributed by atoms with Gasteiger partial charge in [0.15, 0.2) is 0 Å². The zero-order valence-electron chi connectivity index (χ0n) is 20.3. The topological polar surface area (TPSA) is 90.9 Å². The predicted octanol–water partition coefficient (Wildman–Crippen LogP) is 5.12. The first-order chi connectivity index (χ1) is 18.0. The van der Waals surface area contributed by atoms with Gasteiger partial charge in [0.2, 0.25) is 0 Å². The fourth-order valence-corrected chi connectivity index (χ4v) is 4.83. The third kappa shape index (κ3) is 6.02. The quantitative estimate of drug-likeness (QED) is 0.359. The molecule has 7 nitrogen and oxygen atoms in total. The summed E-state index contributed by atoms with van der Waals surface area (Å²) in [6.07, 6.45) is 0.440. The number of benzene rings is 3. The van der Waals surface area contributed by atoms with Crippen LogP contribution in [0.3, 0.4) is 0 Å². The summed E-state index contributed by atoms with van der Waals surface area (Å²) in [7, 11) is 0. The molecule has 0 aliphatic carbocycles. The Balaban J connectivity index is 1.49. The van der Waals surface area contributed by atoms with E-state index in [1.807, 2.05) is 42.5 Å². The molecule has 3 N–H and O–H groups in total. The highest BCUT2D eigenvalue weighted by molar-refractivity contribution is 6.38. The fraction of sp³-hybridized carbons (Fsp3) is 0.241. The number of hydrogen-bond acceptors (Lipinski definition) is 5. The molecule has 1 saturated heterocycles. The standard InChI is InChI=1S/C29H28ClN3O4/c30-22-7-10-24-25(17-22)32-29(36)27(24)28(21-3-1-2-19(16-21)6-11-26(34)35)31-23-8-4-20(5-9-23)18-33-12-14-37-15-13-33/h1-5,7-10,16-17,31H,6,11-15,18H2,(H,32,36)(H,34,35). The van der Waals surface area contributed by atoms with Crippen LogP contribution in [0.15, 0.2) is 66.7 Å². The lowest BCUT2D eigenvalue weighted by Crippen LogP contribution is -2.35. The SMILES string of the molecule is O=C(O)CCc1cccc(C(Nc2ccc(CN3CCOCC3)cc2)=C2C(=O)Nc3cc(Cl)ccc32)c1. The van der Waals surface area contributed by atoms with Crippen LogP contribution in [0, 0.1) is 0 Å². The van der Waals surface area contributed by atoms with Crippen LogP contribution >= 0.6 is 11.6 Å². The third-order valence-corrected chi connectivity index (χ3v) is 6.79. The largest absolute Gasteiger partial charge is 0.481 e. The molecule has 0 saturated carbocycles. The van der Waals surface area contributed by atoms with Gasteiger partial charge >= 0.3 is 5.97 Å². The molecule has 8 heteroatoms. The molecule has 0 radical (unpaired) electrons. The van der Waals surface area contributed by atoms with Gasteiger partial charge in [-0.05, 0) is 53.4 Å². The van der Waals surface area contributed by atoms with Crippen molar-refractivity contribution in [1.82, 2.24) is 4.90 Å². The molecule has 0 atom stereocenters. The molecule has 190 valence electrons. The highest BCUT2D eigenvalue weighted by Gasteiger charge is 2.28. The first kappa shape index (κ1) is 25.0. The number of amides is 1. The Hall–Kier alpha value is -3.65. The summed E-state index contributed by atoms with van der Waals surface area (Å²) in [6.45, 7) is 4.23. The molecule has 0 unspecified atom stereocenters. The summed E-state index contributed by atoms with van der Waals surface area (Å²) in [5.41, 5.74) is 6.32. The van der Waals surface area contributed by atoms with Crippen molar-refractivity contribution in [2.45, 2.75) is 19.4 Å². The van der Waals surface area contributed by atoms with E-state index in [4.69, 9.17) is 21.4 Å². The maximum atomic E-state index is 13.2. The Morgan fingerprint density at radius 3 is 2.57 bits per heavy atom. The summed E-state index contributed by atoms with van der Waals surface area (Å²) in [6, 6.07) is 21.2. The minimum absolute atomic E-state index is 0.0369. The van der Waals surface area contributed by atoms with Crippen LogP contribution in [0.25, 0.3) is 11.3 Å². The van der Waals surface area contributed by atoms with E-state index < -0.39 is 5.97 Å². The van der Waals surface area contributed by atoms with Crippen LogP contribution in [0.5, 0.6) is 0 Å². The molecule has 3 aromatic rings. The molecule has 2 aliphatic rings. The molecule has 2 heterocycles. The van der Waals surface area contributed by atoms with Gasteiger partial charge in [-0.15, -0.1) is 0 Å². The number of ether oxygens (including phenoxy) is 1. The van der Waals surface area contributed by atoms with Crippen molar-refractivity contribution < 1.29 is 19.4 Å². The smallest absolute Gasteiger partial charge is 0.303 e. The second-order valence-corrected chi connectivity index (χ2v) is 9.64. The summed E-state index contributed by atoms with van der Waals surface area (Å²) in [5, 5.41) is 16.1. The third-order valence-electron chi connectivity index (χ3n) is 6.55. The van der Waals surface area contributed by atoms with E-state index in [0.717, 1.165) is 55.2 Å². The number of carbonyl (C=O) groups is 2. The lowest BCUT2D eigenvalue weighted by Gasteiger charge is -2.26. The van der Waals surface area contributed by atoms with E-state index in [9.17, 15) is 9.59 Å². The van der Waals surface area contributed by atoms with Gasteiger partial charge in [0.1, 0.15) is 0 Å². The minimum atomic E-state index is -0.847. The molecule has 0 aromatic heterocycles. The lowest BCUT2D eigenvalue weighted by atomic mass is 9.97. The van der Waals surface area contributed by atoms with Crippen molar-refractivity contribution >= 4 is 46.1 Å². The van der Waals surface area contributed by atoms with Gasteiger partial charge in [-0.2, -0.15) is 0 Å². The van der Waals surface area contributed by atoms with Crippen molar-refractivity contribution in [3.63, 3.8) is 0 Å². The first-order valence-electron chi connectivity index (χ1n) is 12.3.